The minimum atomic E-state index is 0.752. The lowest BCUT2D eigenvalue weighted by atomic mass is 9.91. The summed E-state index contributed by atoms with van der Waals surface area (Å²) >= 11 is 0. The maximum atomic E-state index is 4.44. The summed E-state index contributed by atoms with van der Waals surface area (Å²) in [5.74, 6) is 0. The molecule has 2 fully saturated rings. The van der Waals surface area contributed by atoms with Crippen LogP contribution in [0.4, 0.5) is 5.69 Å². The first-order chi connectivity index (χ1) is 8.33. The maximum absolute atomic E-state index is 4.44. The first-order valence-corrected chi connectivity index (χ1v) is 6.74. The van der Waals surface area contributed by atoms with E-state index in [-0.39, 0.29) is 0 Å². The van der Waals surface area contributed by atoms with Gasteiger partial charge in [0, 0.05) is 37.6 Å². The van der Waals surface area contributed by atoms with E-state index in [9.17, 15) is 0 Å². The first-order valence-electron chi connectivity index (χ1n) is 6.74. The van der Waals surface area contributed by atoms with E-state index in [4.69, 9.17) is 0 Å². The van der Waals surface area contributed by atoms with Crippen LogP contribution in [-0.4, -0.2) is 24.1 Å². The summed E-state index contributed by atoms with van der Waals surface area (Å²) < 4.78 is 0. The number of hydrogen-bond acceptors (Lipinski definition) is 3. The number of aromatic nitrogens is 1. The SMILES string of the molecule is CN(c1ccnc(CNC2CC2)c1)C1CCC1. The van der Waals surface area contributed by atoms with Crippen LogP contribution in [0.3, 0.4) is 0 Å². The summed E-state index contributed by atoms with van der Waals surface area (Å²) in [6.07, 6.45) is 8.68. The van der Waals surface area contributed by atoms with Crippen LogP contribution in [0, 0.1) is 0 Å². The zero-order valence-corrected chi connectivity index (χ0v) is 10.5. The molecule has 3 rings (SSSR count). The Labute approximate surface area is 103 Å². The Hall–Kier alpha value is -1.09. The fourth-order valence-electron chi connectivity index (χ4n) is 2.30. The molecule has 0 unspecified atom stereocenters. The quantitative estimate of drug-likeness (QED) is 0.843. The average molecular weight is 231 g/mol. The highest BCUT2D eigenvalue weighted by Gasteiger charge is 2.23. The molecule has 0 bridgehead atoms. The van der Waals surface area contributed by atoms with Crippen LogP contribution < -0.4 is 10.2 Å². The molecule has 0 saturated heterocycles. The Morgan fingerprint density at radius 2 is 2.18 bits per heavy atom. The fraction of sp³-hybridized carbons (Fsp3) is 0.643. The van der Waals surface area contributed by atoms with Gasteiger partial charge in [-0.15, -0.1) is 0 Å². The Bertz CT molecular complexity index is 383. The van der Waals surface area contributed by atoms with Crippen LogP contribution >= 0.6 is 0 Å². The molecule has 3 nitrogen and oxygen atoms in total. The third-order valence-corrected chi connectivity index (χ3v) is 3.98. The van der Waals surface area contributed by atoms with Gasteiger partial charge in [-0.2, -0.15) is 0 Å². The lowest BCUT2D eigenvalue weighted by molar-refractivity contribution is 0.401. The van der Waals surface area contributed by atoms with Crippen molar-refractivity contribution in [2.45, 2.75) is 50.7 Å². The van der Waals surface area contributed by atoms with E-state index in [1.54, 1.807) is 0 Å². The molecule has 0 aliphatic heterocycles. The molecule has 0 amide bonds. The summed E-state index contributed by atoms with van der Waals surface area (Å²) in [7, 11) is 2.21. The molecule has 1 heterocycles. The molecule has 2 aliphatic carbocycles. The molecule has 3 heteroatoms. The largest absolute Gasteiger partial charge is 0.372 e. The number of anilines is 1. The highest BCUT2D eigenvalue weighted by atomic mass is 15.1. The van der Waals surface area contributed by atoms with Crippen molar-refractivity contribution in [1.29, 1.82) is 0 Å². The summed E-state index contributed by atoms with van der Waals surface area (Å²) in [5.41, 5.74) is 2.48. The molecule has 1 N–H and O–H groups in total. The summed E-state index contributed by atoms with van der Waals surface area (Å²) in [6.45, 7) is 0.914. The second-order valence-electron chi connectivity index (χ2n) is 5.36. The van der Waals surface area contributed by atoms with Crippen molar-refractivity contribution in [3.05, 3.63) is 24.0 Å². The van der Waals surface area contributed by atoms with Crippen molar-refractivity contribution >= 4 is 5.69 Å². The van der Waals surface area contributed by atoms with Crippen LogP contribution in [0.15, 0.2) is 18.3 Å². The average Bonchev–Trinajstić information content (AvgIpc) is 3.08. The maximum Gasteiger partial charge on any atom is 0.0562 e. The fourth-order valence-corrected chi connectivity index (χ4v) is 2.30. The smallest absolute Gasteiger partial charge is 0.0562 e. The van der Waals surface area contributed by atoms with Gasteiger partial charge in [-0.05, 0) is 44.2 Å². The van der Waals surface area contributed by atoms with Crippen LogP contribution in [0.5, 0.6) is 0 Å². The van der Waals surface area contributed by atoms with Crippen molar-refractivity contribution in [2.24, 2.45) is 0 Å². The van der Waals surface area contributed by atoms with E-state index in [1.165, 1.54) is 43.5 Å². The highest BCUT2D eigenvalue weighted by molar-refractivity contribution is 5.47. The molecule has 1 aromatic rings. The van der Waals surface area contributed by atoms with Gasteiger partial charge in [-0.25, -0.2) is 0 Å². The molecule has 2 saturated carbocycles. The number of pyridine rings is 1. The van der Waals surface area contributed by atoms with Crippen LogP contribution in [-0.2, 0) is 6.54 Å². The first kappa shape index (κ1) is 11.0. The lowest BCUT2D eigenvalue weighted by Gasteiger charge is -2.36. The van der Waals surface area contributed by atoms with Crippen molar-refractivity contribution < 1.29 is 0 Å². The van der Waals surface area contributed by atoms with Gasteiger partial charge in [0.1, 0.15) is 0 Å². The van der Waals surface area contributed by atoms with Gasteiger partial charge in [0.2, 0.25) is 0 Å². The minimum Gasteiger partial charge on any atom is -0.372 e. The highest BCUT2D eigenvalue weighted by Crippen LogP contribution is 2.28. The van der Waals surface area contributed by atoms with E-state index in [0.29, 0.717) is 0 Å². The van der Waals surface area contributed by atoms with E-state index in [0.717, 1.165) is 18.6 Å². The predicted molar refractivity (Wildman–Crippen MR) is 70.1 cm³/mol. The number of nitrogens with one attached hydrogen (secondary N) is 1. The van der Waals surface area contributed by atoms with E-state index >= 15 is 0 Å². The molecule has 1 aromatic heterocycles. The Balaban J connectivity index is 1.64. The topological polar surface area (TPSA) is 28.2 Å². The molecule has 0 aromatic carbocycles. The van der Waals surface area contributed by atoms with Crippen LogP contribution in [0.1, 0.15) is 37.8 Å². The molecule has 0 radical (unpaired) electrons. The monoisotopic (exact) mass is 231 g/mol. The van der Waals surface area contributed by atoms with Crippen LogP contribution in [0.25, 0.3) is 0 Å². The van der Waals surface area contributed by atoms with Crippen molar-refractivity contribution in [1.82, 2.24) is 10.3 Å². The van der Waals surface area contributed by atoms with Crippen LogP contribution in [0.2, 0.25) is 0 Å². The molecule has 0 spiro atoms. The zero-order valence-electron chi connectivity index (χ0n) is 10.5. The van der Waals surface area contributed by atoms with Gasteiger partial charge in [-0.1, -0.05) is 0 Å². The molecular formula is C14H21N3. The molecule has 2 aliphatic rings. The second-order valence-corrected chi connectivity index (χ2v) is 5.36. The number of hydrogen-bond donors (Lipinski definition) is 1. The minimum absolute atomic E-state index is 0.752. The summed E-state index contributed by atoms with van der Waals surface area (Å²) in [5, 5.41) is 3.52. The van der Waals surface area contributed by atoms with Gasteiger partial charge in [0.05, 0.1) is 5.69 Å². The van der Waals surface area contributed by atoms with Gasteiger partial charge in [0.15, 0.2) is 0 Å². The Morgan fingerprint density at radius 3 is 2.82 bits per heavy atom. The second kappa shape index (κ2) is 4.65. The van der Waals surface area contributed by atoms with Crippen molar-refractivity contribution in [2.75, 3.05) is 11.9 Å². The molecule has 92 valence electrons. The van der Waals surface area contributed by atoms with E-state index in [1.807, 2.05) is 6.20 Å². The number of nitrogens with zero attached hydrogens (tertiary/aromatic N) is 2. The number of rotatable bonds is 5. The Morgan fingerprint density at radius 1 is 1.35 bits per heavy atom. The third kappa shape index (κ3) is 2.60. The lowest BCUT2D eigenvalue weighted by Crippen LogP contribution is -2.37. The third-order valence-electron chi connectivity index (χ3n) is 3.98. The van der Waals surface area contributed by atoms with Crippen molar-refractivity contribution in [3.63, 3.8) is 0 Å². The predicted octanol–water partition coefficient (Wildman–Crippen LogP) is 2.32. The summed E-state index contributed by atoms with van der Waals surface area (Å²) in [4.78, 5) is 6.84. The van der Waals surface area contributed by atoms with Crippen molar-refractivity contribution in [3.8, 4) is 0 Å². The molecule has 17 heavy (non-hydrogen) atoms. The van der Waals surface area contributed by atoms with Gasteiger partial charge >= 0.3 is 0 Å². The van der Waals surface area contributed by atoms with E-state index in [2.05, 4.69) is 34.4 Å². The summed E-state index contributed by atoms with van der Waals surface area (Å²) in [6, 6.07) is 5.86. The molecule has 0 atom stereocenters. The van der Waals surface area contributed by atoms with Gasteiger partial charge in [-0.3, -0.25) is 4.98 Å². The van der Waals surface area contributed by atoms with Gasteiger partial charge in [0.25, 0.3) is 0 Å². The molecular weight excluding hydrogens is 210 g/mol. The Kier molecular flexibility index (Phi) is 3.02. The van der Waals surface area contributed by atoms with E-state index < -0.39 is 0 Å². The normalized spacial score (nSPS) is 20.1. The van der Waals surface area contributed by atoms with Gasteiger partial charge < -0.3 is 10.2 Å². The zero-order chi connectivity index (χ0) is 11.7. The standard InChI is InChI=1S/C14H21N3/c1-17(13-3-2-4-13)14-7-8-15-12(9-14)10-16-11-5-6-11/h7-9,11,13,16H,2-6,10H2,1H3.